The Labute approximate surface area is 144 Å². The van der Waals surface area contributed by atoms with Gasteiger partial charge in [-0.2, -0.15) is 25.3 Å². The van der Waals surface area contributed by atoms with E-state index in [9.17, 15) is 0 Å². The lowest BCUT2D eigenvalue weighted by Crippen LogP contribution is -2.15. The molecule has 0 radical (unpaired) electrons. The third-order valence-electron chi connectivity index (χ3n) is 5.74. The first kappa shape index (κ1) is 18.0. The van der Waals surface area contributed by atoms with Crippen molar-refractivity contribution in [2.75, 3.05) is 0 Å². The Kier molecular flexibility index (Phi) is 9.00. The molecular weight excluding hydrogens is 292 g/mol. The quantitative estimate of drug-likeness (QED) is 0.290. The van der Waals surface area contributed by atoms with E-state index in [4.69, 9.17) is 12.6 Å². The molecule has 2 fully saturated rings. The van der Waals surface area contributed by atoms with Crippen LogP contribution in [0.2, 0.25) is 0 Å². The Hall–Kier alpha value is 0.700. The van der Waals surface area contributed by atoms with Crippen molar-refractivity contribution in [3.8, 4) is 0 Å². The van der Waals surface area contributed by atoms with Crippen LogP contribution < -0.4 is 0 Å². The normalized spacial score (nSPS) is 34.6. The van der Waals surface area contributed by atoms with Crippen molar-refractivity contribution in [1.29, 1.82) is 0 Å². The van der Waals surface area contributed by atoms with Gasteiger partial charge in [-0.1, -0.05) is 70.6 Å². The van der Waals surface area contributed by atoms with E-state index >= 15 is 0 Å². The van der Waals surface area contributed by atoms with Gasteiger partial charge in [-0.25, -0.2) is 0 Å². The Morgan fingerprint density at radius 2 is 1.05 bits per heavy atom. The molecule has 124 valence electrons. The lowest BCUT2D eigenvalue weighted by atomic mass is 9.85. The molecule has 0 aliphatic heterocycles. The van der Waals surface area contributed by atoms with E-state index in [1.807, 2.05) is 0 Å². The minimum absolute atomic E-state index is 0.693. The van der Waals surface area contributed by atoms with Crippen molar-refractivity contribution in [2.45, 2.75) is 107 Å². The van der Waals surface area contributed by atoms with Gasteiger partial charge in [0.05, 0.1) is 0 Å². The molecular formula is C19H36S2. The van der Waals surface area contributed by atoms with E-state index in [2.05, 4.69) is 12.6 Å². The van der Waals surface area contributed by atoms with Gasteiger partial charge in [0, 0.05) is 10.5 Å². The van der Waals surface area contributed by atoms with Gasteiger partial charge in [0.1, 0.15) is 0 Å². The summed E-state index contributed by atoms with van der Waals surface area (Å²) in [5.74, 6) is 1.98. The largest absolute Gasteiger partial charge is 0.176 e. The standard InChI is InChI=1S/C19H36S2/c20-18-12-6-5-10-16(14-18)8-3-1-2-4-9-17-11-7-13-19(21)15-17/h16-21H,1-15H2/t16?,17-,18?,19?/m0/s1. The molecule has 21 heavy (non-hydrogen) atoms. The zero-order chi connectivity index (χ0) is 14.9. The lowest BCUT2D eigenvalue weighted by Gasteiger charge is -2.26. The van der Waals surface area contributed by atoms with Crippen molar-refractivity contribution >= 4 is 25.3 Å². The summed E-state index contributed by atoms with van der Waals surface area (Å²) in [6, 6.07) is 0. The average Bonchev–Trinajstić information content (AvgIpc) is 2.67. The molecule has 0 heterocycles. The van der Waals surface area contributed by atoms with Crippen LogP contribution in [0.5, 0.6) is 0 Å². The van der Waals surface area contributed by atoms with E-state index in [0.717, 1.165) is 11.8 Å². The van der Waals surface area contributed by atoms with Gasteiger partial charge in [0.25, 0.3) is 0 Å². The summed E-state index contributed by atoms with van der Waals surface area (Å²) in [5, 5.41) is 1.39. The average molecular weight is 329 g/mol. The van der Waals surface area contributed by atoms with E-state index in [0.29, 0.717) is 10.5 Å². The highest BCUT2D eigenvalue weighted by Crippen LogP contribution is 2.32. The highest BCUT2D eigenvalue weighted by Gasteiger charge is 2.19. The van der Waals surface area contributed by atoms with Crippen LogP contribution in [0.15, 0.2) is 0 Å². The second kappa shape index (κ2) is 10.5. The van der Waals surface area contributed by atoms with Crippen LogP contribution in [0, 0.1) is 11.8 Å². The van der Waals surface area contributed by atoms with Crippen molar-refractivity contribution in [3.63, 3.8) is 0 Å². The minimum atomic E-state index is 0.693. The molecule has 0 spiro atoms. The number of thiol groups is 2. The molecule has 2 rings (SSSR count). The van der Waals surface area contributed by atoms with Gasteiger partial charge in [-0.05, 0) is 37.5 Å². The molecule has 0 N–H and O–H groups in total. The van der Waals surface area contributed by atoms with Gasteiger partial charge in [0.15, 0.2) is 0 Å². The summed E-state index contributed by atoms with van der Waals surface area (Å²) in [4.78, 5) is 0. The molecule has 0 aromatic carbocycles. The molecule has 0 nitrogen and oxygen atoms in total. The number of hydrogen-bond donors (Lipinski definition) is 2. The number of hydrogen-bond acceptors (Lipinski definition) is 2. The van der Waals surface area contributed by atoms with Crippen LogP contribution in [0.3, 0.4) is 0 Å². The van der Waals surface area contributed by atoms with Crippen molar-refractivity contribution in [1.82, 2.24) is 0 Å². The second-order valence-corrected chi connectivity index (χ2v) is 9.18. The topological polar surface area (TPSA) is 0 Å². The van der Waals surface area contributed by atoms with Gasteiger partial charge in [-0.3, -0.25) is 0 Å². The van der Waals surface area contributed by atoms with E-state index in [1.165, 1.54) is 96.3 Å². The van der Waals surface area contributed by atoms with Crippen molar-refractivity contribution in [2.24, 2.45) is 11.8 Å². The molecule has 0 amide bonds. The zero-order valence-electron chi connectivity index (χ0n) is 13.8. The van der Waals surface area contributed by atoms with Crippen LogP contribution in [0.25, 0.3) is 0 Å². The number of unbranched alkanes of at least 4 members (excludes halogenated alkanes) is 3. The van der Waals surface area contributed by atoms with Gasteiger partial charge < -0.3 is 0 Å². The Balaban J connectivity index is 1.46. The molecule has 2 aliphatic carbocycles. The maximum atomic E-state index is 4.73. The summed E-state index contributed by atoms with van der Waals surface area (Å²) in [6.07, 6.45) is 21.5. The molecule has 3 unspecified atom stereocenters. The van der Waals surface area contributed by atoms with Crippen molar-refractivity contribution in [3.05, 3.63) is 0 Å². The highest BCUT2D eigenvalue weighted by molar-refractivity contribution is 7.81. The molecule has 2 aliphatic rings. The first-order chi connectivity index (χ1) is 10.2. The van der Waals surface area contributed by atoms with Crippen LogP contribution >= 0.6 is 25.3 Å². The molecule has 0 aromatic rings. The minimum Gasteiger partial charge on any atom is -0.176 e. The van der Waals surface area contributed by atoms with E-state index in [-0.39, 0.29) is 0 Å². The SMILES string of the molecule is SC1CCCCC(CCCCCC[C@H]2CCCC(S)C2)C1. The Morgan fingerprint density at radius 1 is 0.571 bits per heavy atom. The van der Waals surface area contributed by atoms with Crippen LogP contribution in [0.1, 0.15) is 96.3 Å². The first-order valence-corrected chi connectivity index (χ1v) is 10.6. The van der Waals surface area contributed by atoms with E-state index < -0.39 is 0 Å². The summed E-state index contributed by atoms with van der Waals surface area (Å²) in [5.41, 5.74) is 0. The molecule has 0 aromatic heterocycles. The van der Waals surface area contributed by atoms with Gasteiger partial charge in [-0.15, -0.1) is 0 Å². The fraction of sp³-hybridized carbons (Fsp3) is 1.00. The first-order valence-electron chi connectivity index (χ1n) is 9.60. The molecule has 0 saturated heterocycles. The smallest absolute Gasteiger partial charge is 0.00194 e. The summed E-state index contributed by atoms with van der Waals surface area (Å²) in [6.45, 7) is 0. The molecule has 4 atom stereocenters. The summed E-state index contributed by atoms with van der Waals surface area (Å²) in [7, 11) is 0. The van der Waals surface area contributed by atoms with Crippen LogP contribution in [0.4, 0.5) is 0 Å². The highest BCUT2D eigenvalue weighted by atomic mass is 32.1. The molecule has 0 bridgehead atoms. The molecule has 2 saturated carbocycles. The zero-order valence-corrected chi connectivity index (χ0v) is 15.6. The summed E-state index contributed by atoms with van der Waals surface area (Å²) < 4.78 is 0. The number of rotatable bonds is 7. The van der Waals surface area contributed by atoms with Crippen LogP contribution in [-0.4, -0.2) is 10.5 Å². The third kappa shape index (κ3) is 7.68. The second-order valence-electron chi connectivity index (χ2n) is 7.72. The third-order valence-corrected chi connectivity index (χ3v) is 6.67. The van der Waals surface area contributed by atoms with Crippen LogP contribution in [-0.2, 0) is 0 Å². The maximum absolute atomic E-state index is 4.73. The molecule has 2 heteroatoms. The van der Waals surface area contributed by atoms with Gasteiger partial charge in [0.2, 0.25) is 0 Å². The predicted molar refractivity (Wildman–Crippen MR) is 102 cm³/mol. The summed E-state index contributed by atoms with van der Waals surface area (Å²) >= 11 is 9.40. The maximum Gasteiger partial charge on any atom is 0.00194 e. The fourth-order valence-electron chi connectivity index (χ4n) is 4.44. The van der Waals surface area contributed by atoms with E-state index in [1.54, 1.807) is 0 Å². The monoisotopic (exact) mass is 328 g/mol. The Bertz CT molecular complexity index is 266. The predicted octanol–water partition coefficient (Wildman–Crippen LogP) is 6.69. The Morgan fingerprint density at radius 3 is 1.67 bits per heavy atom. The fourth-order valence-corrected chi connectivity index (χ4v) is 5.40. The lowest BCUT2D eigenvalue weighted by molar-refractivity contribution is 0.333. The van der Waals surface area contributed by atoms with Gasteiger partial charge >= 0.3 is 0 Å². The van der Waals surface area contributed by atoms with Crippen molar-refractivity contribution < 1.29 is 0 Å².